The van der Waals surface area contributed by atoms with Gasteiger partial charge in [-0.15, -0.1) is 0 Å². The average Bonchev–Trinajstić information content (AvgIpc) is 3.09. The first-order valence-electron chi connectivity index (χ1n) is 7.47. The first-order chi connectivity index (χ1) is 9.67. The third-order valence-electron chi connectivity index (χ3n) is 5.17. The summed E-state index contributed by atoms with van der Waals surface area (Å²) < 4.78 is 0. The molecule has 3 aliphatic rings. The van der Waals surface area contributed by atoms with Crippen LogP contribution in [0.3, 0.4) is 0 Å². The van der Waals surface area contributed by atoms with Crippen molar-refractivity contribution in [2.24, 2.45) is 11.7 Å². The second-order valence-electron chi connectivity index (χ2n) is 6.37. The summed E-state index contributed by atoms with van der Waals surface area (Å²) in [7, 11) is 0. The Kier molecular flexibility index (Phi) is 2.54. The minimum absolute atomic E-state index is 0.131. The lowest BCUT2D eigenvalue weighted by molar-refractivity contribution is 0.0777. The Hall–Kier alpha value is -1.62. The molecule has 0 aromatic carbocycles. The van der Waals surface area contributed by atoms with Crippen molar-refractivity contribution < 1.29 is 4.79 Å². The number of amides is 1. The quantitative estimate of drug-likeness (QED) is 0.800. The molecule has 1 amide bonds. The Balaban J connectivity index is 1.62. The fraction of sp³-hybridized carbons (Fsp3) is 0.600. The number of carbonyl (C=O) groups excluding carboxylic acids is 1. The molecule has 1 aromatic rings. The van der Waals surface area contributed by atoms with Crippen molar-refractivity contribution >= 4 is 11.7 Å². The van der Waals surface area contributed by atoms with Crippen LogP contribution in [0.5, 0.6) is 0 Å². The van der Waals surface area contributed by atoms with Gasteiger partial charge in [0, 0.05) is 42.5 Å². The van der Waals surface area contributed by atoms with E-state index in [4.69, 9.17) is 5.73 Å². The third-order valence-corrected chi connectivity index (χ3v) is 5.17. The molecule has 0 bridgehead atoms. The van der Waals surface area contributed by atoms with E-state index in [-0.39, 0.29) is 11.4 Å². The summed E-state index contributed by atoms with van der Waals surface area (Å²) >= 11 is 0. The molecule has 5 heteroatoms. The number of anilines is 1. The summed E-state index contributed by atoms with van der Waals surface area (Å²) in [5, 5.41) is 3.23. The highest BCUT2D eigenvalue weighted by atomic mass is 16.2. The van der Waals surface area contributed by atoms with Crippen LogP contribution in [0.1, 0.15) is 35.2 Å². The summed E-state index contributed by atoms with van der Waals surface area (Å²) in [4.78, 5) is 19.0. The van der Waals surface area contributed by atoms with Gasteiger partial charge in [0.1, 0.15) is 5.82 Å². The molecule has 20 heavy (non-hydrogen) atoms. The summed E-state index contributed by atoms with van der Waals surface area (Å²) in [6.45, 7) is 2.40. The van der Waals surface area contributed by atoms with Gasteiger partial charge in [0.15, 0.2) is 0 Å². The smallest absolute Gasteiger partial charge is 0.254 e. The van der Waals surface area contributed by atoms with Crippen LogP contribution in [0, 0.1) is 5.92 Å². The van der Waals surface area contributed by atoms with Gasteiger partial charge in [0.2, 0.25) is 0 Å². The van der Waals surface area contributed by atoms with Crippen molar-refractivity contribution in [1.82, 2.24) is 9.88 Å². The highest BCUT2D eigenvalue weighted by molar-refractivity contribution is 5.97. The van der Waals surface area contributed by atoms with E-state index in [2.05, 4.69) is 10.3 Å². The molecule has 1 saturated carbocycles. The van der Waals surface area contributed by atoms with E-state index < -0.39 is 0 Å². The van der Waals surface area contributed by atoms with Crippen molar-refractivity contribution in [1.29, 1.82) is 0 Å². The molecule has 1 aromatic heterocycles. The lowest BCUT2D eigenvalue weighted by atomic mass is 9.92. The summed E-state index contributed by atoms with van der Waals surface area (Å²) in [6.07, 6.45) is 6.03. The standard InChI is InChI=1S/C15H20N4O/c16-15-5-1-2-10(15)8-19(9-15)14(20)12-4-7-18-13-11(12)3-6-17-13/h4,7,10H,1-3,5-6,8-9,16H2,(H,17,18). The Morgan fingerprint density at radius 3 is 3.30 bits per heavy atom. The Labute approximate surface area is 118 Å². The van der Waals surface area contributed by atoms with E-state index in [1.54, 1.807) is 6.20 Å². The number of aromatic nitrogens is 1. The molecule has 1 saturated heterocycles. The fourth-order valence-electron chi connectivity index (χ4n) is 4.07. The van der Waals surface area contributed by atoms with Crippen LogP contribution in [0.4, 0.5) is 5.82 Å². The zero-order chi connectivity index (χ0) is 13.7. The van der Waals surface area contributed by atoms with E-state index >= 15 is 0 Å². The third kappa shape index (κ3) is 1.66. The Morgan fingerprint density at radius 2 is 2.45 bits per heavy atom. The molecule has 2 atom stereocenters. The van der Waals surface area contributed by atoms with Crippen molar-refractivity contribution in [3.8, 4) is 0 Å². The van der Waals surface area contributed by atoms with Crippen LogP contribution < -0.4 is 11.1 Å². The Morgan fingerprint density at radius 1 is 1.55 bits per heavy atom. The molecular formula is C15H20N4O. The molecule has 3 heterocycles. The molecule has 2 unspecified atom stereocenters. The van der Waals surface area contributed by atoms with E-state index in [1.807, 2.05) is 11.0 Å². The van der Waals surface area contributed by atoms with Crippen LogP contribution in [0.2, 0.25) is 0 Å². The molecule has 4 rings (SSSR count). The van der Waals surface area contributed by atoms with Crippen LogP contribution in [0.15, 0.2) is 12.3 Å². The van der Waals surface area contributed by atoms with Crippen molar-refractivity contribution in [2.75, 3.05) is 25.0 Å². The second-order valence-corrected chi connectivity index (χ2v) is 6.37. The molecule has 1 aliphatic carbocycles. The lowest BCUT2D eigenvalue weighted by Crippen LogP contribution is -2.45. The largest absolute Gasteiger partial charge is 0.369 e. The maximum Gasteiger partial charge on any atom is 0.254 e. The van der Waals surface area contributed by atoms with Gasteiger partial charge >= 0.3 is 0 Å². The molecular weight excluding hydrogens is 252 g/mol. The Bertz CT molecular complexity index is 573. The second kappa shape index (κ2) is 4.19. The van der Waals surface area contributed by atoms with E-state index in [1.165, 1.54) is 6.42 Å². The van der Waals surface area contributed by atoms with Crippen molar-refractivity contribution in [3.63, 3.8) is 0 Å². The van der Waals surface area contributed by atoms with Gasteiger partial charge < -0.3 is 16.0 Å². The first kappa shape index (κ1) is 12.1. The van der Waals surface area contributed by atoms with Gasteiger partial charge in [-0.3, -0.25) is 4.79 Å². The molecule has 5 nitrogen and oxygen atoms in total. The number of rotatable bonds is 1. The maximum absolute atomic E-state index is 12.8. The van der Waals surface area contributed by atoms with Crippen LogP contribution in [0.25, 0.3) is 0 Å². The summed E-state index contributed by atoms with van der Waals surface area (Å²) in [5.74, 6) is 1.49. The highest BCUT2D eigenvalue weighted by Crippen LogP contribution is 2.40. The van der Waals surface area contributed by atoms with E-state index in [0.717, 1.165) is 49.3 Å². The topological polar surface area (TPSA) is 71.2 Å². The number of pyridine rings is 1. The van der Waals surface area contributed by atoms with Gasteiger partial charge in [-0.05, 0) is 31.2 Å². The normalized spacial score (nSPS) is 31.1. The van der Waals surface area contributed by atoms with Crippen LogP contribution >= 0.6 is 0 Å². The van der Waals surface area contributed by atoms with Gasteiger partial charge in [-0.25, -0.2) is 4.98 Å². The number of fused-ring (bicyclic) bond motifs is 2. The molecule has 2 aliphatic heterocycles. The highest BCUT2D eigenvalue weighted by Gasteiger charge is 2.48. The molecule has 3 N–H and O–H groups in total. The first-order valence-corrected chi connectivity index (χ1v) is 7.47. The SMILES string of the molecule is NC12CCCC1CN(C(=O)c1ccnc3c1CCN3)C2. The predicted molar refractivity (Wildman–Crippen MR) is 76.6 cm³/mol. The van der Waals surface area contributed by atoms with Crippen LogP contribution in [-0.2, 0) is 6.42 Å². The number of nitrogens with zero attached hydrogens (tertiary/aromatic N) is 2. The van der Waals surface area contributed by atoms with Gasteiger partial charge in [0.05, 0.1) is 0 Å². The van der Waals surface area contributed by atoms with Crippen LogP contribution in [-0.4, -0.2) is 41.0 Å². The maximum atomic E-state index is 12.8. The molecule has 106 valence electrons. The van der Waals surface area contributed by atoms with Gasteiger partial charge in [-0.1, -0.05) is 6.42 Å². The monoisotopic (exact) mass is 272 g/mol. The van der Waals surface area contributed by atoms with Gasteiger partial charge in [0.25, 0.3) is 5.91 Å². The number of likely N-dealkylation sites (tertiary alicyclic amines) is 1. The zero-order valence-corrected chi connectivity index (χ0v) is 11.6. The predicted octanol–water partition coefficient (Wildman–Crippen LogP) is 1.00. The molecule has 0 spiro atoms. The minimum Gasteiger partial charge on any atom is -0.369 e. The van der Waals surface area contributed by atoms with E-state index in [0.29, 0.717) is 12.5 Å². The summed E-state index contributed by atoms with van der Waals surface area (Å²) in [5.41, 5.74) is 8.21. The number of nitrogens with two attached hydrogens (primary N) is 1. The van der Waals surface area contributed by atoms with Crippen molar-refractivity contribution in [2.45, 2.75) is 31.2 Å². The number of hydrogen-bond donors (Lipinski definition) is 2. The number of nitrogens with one attached hydrogen (secondary N) is 1. The lowest BCUT2D eigenvalue weighted by Gasteiger charge is -2.23. The zero-order valence-electron chi connectivity index (χ0n) is 11.6. The number of carbonyl (C=O) groups is 1. The minimum atomic E-state index is -0.135. The van der Waals surface area contributed by atoms with Gasteiger partial charge in [-0.2, -0.15) is 0 Å². The molecule has 0 radical (unpaired) electrons. The van der Waals surface area contributed by atoms with Crippen molar-refractivity contribution in [3.05, 3.63) is 23.4 Å². The average molecular weight is 272 g/mol. The molecule has 2 fully saturated rings. The number of hydrogen-bond acceptors (Lipinski definition) is 4. The summed E-state index contributed by atoms with van der Waals surface area (Å²) in [6, 6.07) is 1.85. The fourth-order valence-corrected chi connectivity index (χ4v) is 4.07. The van der Waals surface area contributed by atoms with E-state index in [9.17, 15) is 4.79 Å².